The third-order valence-corrected chi connectivity index (χ3v) is 3.10. The third-order valence-electron chi connectivity index (χ3n) is 3.10. The summed E-state index contributed by atoms with van der Waals surface area (Å²) in [5.41, 5.74) is 1.54. The number of hydrogen-bond acceptors (Lipinski definition) is 3. The van der Waals surface area contributed by atoms with E-state index >= 15 is 0 Å². The number of carbonyl (C=O) groups excluding carboxylic acids is 1. The van der Waals surface area contributed by atoms with Gasteiger partial charge in [-0.15, -0.1) is 0 Å². The van der Waals surface area contributed by atoms with E-state index in [4.69, 9.17) is 9.52 Å². The quantitative estimate of drug-likeness (QED) is 0.871. The second-order valence-electron chi connectivity index (χ2n) is 4.31. The van der Waals surface area contributed by atoms with Crippen LogP contribution in [-0.4, -0.2) is 23.7 Å². The van der Waals surface area contributed by atoms with Gasteiger partial charge in [-0.2, -0.15) is 0 Å². The van der Waals surface area contributed by atoms with Gasteiger partial charge < -0.3 is 14.8 Å². The maximum Gasteiger partial charge on any atom is 0.287 e. The van der Waals surface area contributed by atoms with Crippen molar-refractivity contribution in [3.05, 3.63) is 35.6 Å². The van der Waals surface area contributed by atoms with Crippen molar-refractivity contribution >= 4 is 16.9 Å². The van der Waals surface area contributed by atoms with Crippen molar-refractivity contribution in [2.45, 2.75) is 26.3 Å². The number of nitrogens with one attached hydrogen (secondary N) is 1. The molecule has 0 aliphatic carbocycles. The normalized spacial score (nSPS) is 12.6. The SMILES string of the molecule is CCC(CO)NC(=O)c1oc2ccccc2c1C. The van der Waals surface area contributed by atoms with E-state index in [0.717, 1.165) is 10.9 Å². The number of amides is 1. The van der Waals surface area contributed by atoms with Crippen LogP contribution in [0.15, 0.2) is 28.7 Å². The molecule has 96 valence electrons. The zero-order valence-corrected chi connectivity index (χ0v) is 10.6. The summed E-state index contributed by atoms with van der Waals surface area (Å²) in [5.74, 6) is 0.0488. The zero-order chi connectivity index (χ0) is 13.1. The fourth-order valence-corrected chi connectivity index (χ4v) is 1.92. The first kappa shape index (κ1) is 12.6. The van der Waals surface area contributed by atoms with Crippen LogP contribution in [0.1, 0.15) is 29.5 Å². The van der Waals surface area contributed by atoms with E-state index in [2.05, 4.69) is 5.32 Å². The molecule has 2 N–H and O–H groups in total. The lowest BCUT2D eigenvalue weighted by Crippen LogP contribution is -2.37. The van der Waals surface area contributed by atoms with Crippen LogP contribution >= 0.6 is 0 Å². The Hall–Kier alpha value is -1.81. The molecule has 0 aliphatic heterocycles. The zero-order valence-electron chi connectivity index (χ0n) is 10.6. The van der Waals surface area contributed by atoms with Gasteiger partial charge in [-0.25, -0.2) is 0 Å². The summed E-state index contributed by atoms with van der Waals surface area (Å²) >= 11 is 0. The minimum absolute atomic E-state index is 0.0679. The van der Waals surface area contributed by atoms with Crippen molar-refractivity contribution in [3.63, 3.8) is 0 Å². The van der Waals surface area contributed by atoms with Crippen LogP contribution in [0.5, 0.6) is 0 Å². The molecule has 4 heteroatoms. The topological polar surface area (TPSA) is 62.5 Å². The Labute approximate surface area is 106 Å². The summed E-state index contributed by atoms with van der Waals surface area (Å²) in [6.07, 6.45) is 0.682. The Bertz CT molecular complexity index is 555. The number of carbonyl (C=O) groups is 1. The average Bonchev–Trinajstić information content (AvgIpc) is 2.74. The molecular formula is C14H17NO3. The van der Waals surface area contributed by atoms with Gasteiger partial charge >= 0.3 is 0 Å². The number of rotatable bonds is 4. The summed E-state index contributed by atoms with van der Waals surface area (Å²) in [6.45, 7) is 3.70. The van der Waals surface area contributed by atoms with Crippen molar-refractivity contribution < 1.29 is 14.3 Å². The first-order valence-electron chi connectivity index (χ1n) is 6.07. The molecular weight excluding hydrogens is 230 g/mol. The molecule has 0 saturated carbocycles. The second kappa shape index (κ2) is 5.23. The first-order valence-corrected chi connectivity index (χ1v) is 6.07. The lowest BCUT2D eigenvalue weighted by molar-refractivity contribution is 0.0888. The highest BCUT2D eigenvalue weighted by Gasteiger charge is 2.19. The minimum atomic E-state index is -0.274. The summed E-state index contributed by atoms with van der Waals surface area (Å²) < 4.78 is 5.56. The summed E-state index contributed by atoms with van der Waals surface area (Å²) in [5, 5.41) is 12.8. The molecule has 1 aromatic heterocycles. The van der Waals surface area contributed by atoms with Crippen molar-refractivity contribution in [3.8, 4) is 0 Å². The third kappa shape index (κ3) is 2.24. The van der Waals surface area contributed by atoms with Gasteiger partial charge in [-0.05, 0) is 19.4 Å². The smallest absolute Gasteiger partial charge is 0.287 e. The predicted octanol–water partition coefficient (Wildman–Crippen LogP) is 2.24. The van der Waals surface area contributed by atoms with Gasteiger partial charge in [-0.1, -0.05) is 25.1 Å². The van der Waals surface area contributed by atoms with Crippen LogP contribution in [0.3, 0.4) is 0 Å². The van der Waals surface area contributed by atoms with Crippen molar-refractivity contribution in [1.29, 1.82) is 0 Å². The van der Waals surface area contributed by atoms with Gasteiger partial charge in [0, 0.05) is 10.9 Å². The van der Waals surface area contributed by atoms with Crippen LogP contribution in [-0.2, 0) is 0 Å². The van der Waals surface area contributed by atoms with Crippen LogP contribution in [0.4, 0.5) is 0 Å². The molecule has 2 aromatic rings. The van der Waals surface area contributed by atoms with E-state index in [0.29, 0.717) is 17.8 Å². The van der Waals surface area contributed by atoms with Crippen molar-refractivity contribution in [2.75, 3.05) is 6.61 Å². The standard InChI is InChI=1S/C14H17NO3/c1-3-10(8-16)15-14(17)13-9(2)11-6-4-5-7-12(11)18-13/h4-7,10,16H,3,8H2,1-2H3,(H,15,17). The maximum absolute atomic E-state index is 12.0. The number of aliphatic hydroxyl groups excluding tert-OH is 1. The fourth-order valence-electron chi connectivity index (χ4n) is 1.92. The minimum Gasteiger partial charge on any atom is -0.451 e. The van der Waals surface area contributed by atoms with Gasteiger partial charge in [0.25, 0.3) is 5.91 Å². The number of para-hydroxylation sites is 1. The van der Waals surface area contributed by atoms with Crippen molar-refractivity contribution in [2.24, 2.45) is 0 Å². The second-order valence-corrected chi connectivity index (χ2v) is 4.31. The van der Waals surface area contributed by atoms with Gasteiger partial charge in [0.15, 0.2) is 5.76 Å². The molecule has 0 radical (unpaired) electrons. The molecule has 1 heterocycles. The molecule has 0 aliphatic rings. The molecule has 1 aromatic carbocycles. The van der Waals surface area contributed by atoms with E-state index in [-0.39, 0.29) is 18.6 Å². The number of aliphatic hydroxyl groups is 1. The van der Waals surface area contributed by atoms with Gasteiger partial charge in [0.2, 0.25) is 0 Å². The highest BCUT2D eigenvalue weighted by Crippen LogP contribution is 2.24. The Morgan fingerprint density at radius 2 is 2.17 bits per heavy atom. The van der Waals surface area contributed by atoms with E-state index in [1.54, 1.807) is 0 Å². The van der Waals surface area contributed by atoms with Gasteiger partial charge in [0.05, 0.1) is 12.6 Å². The van der Waals surface area contributed by atoms with E-state index in [1.807, 2.05) is 38.1 Å². The molecule has 0 bridgehead atoms. The van der Waals surface area contributed by atoms with E-state index in [1.165, 1.54) is 0 Å². The summed E-state index contributed by atoms with van der Waals surface area (Å²) in [6, 6.07) is 7.31. The Morgan fingerprint density at radius 3 is 2.78 bits per heavy atom. The molecule has 1 unspecified atom stereocenters. The highest BCUT2D eigenvalue weighted by molar-refractivity contribution is 5.99. The number of furan rings is 1. The van der Waals surface area contributed by atoms with Crippen LogP contribution in [0.25, 0.3) is 11.0 Å². The predicted molar refractivity (Wildman–Crippen MR) is 69.6 cm³/mol. The Balaban J connectivity index is 2.30. The van der Waals surface area contributed by atoms with E-state index < -0.39 is 0 Å². The van der Waals surface area contributed by atoms with Crippen molar-refractivity contribution in [1.82, 2.24) is 5.32 Å². The van der Waals surface area contributed by atoms with Crippen LogP contribution in [0.2, 0.25) is 0 Å². The largest absolute Gasteiger partial charge is 0.451 e. The molecule has 4 nitrogen and oxygen atoms in total. The van der Waals surface area contributed by atoms with Gasteiger partial charge in [-0.3, -0.25) is 4.79 Å². The lowest BCUT2D eigenvalue weighted by atomic mass is 10.1. The van der Waals surface area contributed by atoms with Crippen LogP contribution in [0, 0.1) is 6.92 Å². The summed E-state index contributed by atoms with van der Waals surface area (Å²) in [7, 11) is 0. The fraction of sp³-hybridized carbons (Fsp3) is 0.357. The molecule has 0 saturated heterocycles. The Kier molecular flexibility index (Phi) is 3.67. The molecule has 2 rings (SSSR count). The lowest BCUT2D eigenvalue weighted by Gasteiger charge is -2.12. The summed E-state index contributed by atoms with van der Waals surface area (Å²) in [4.78, 5) is 12.0. The molecule has 0 spiro atoms. The number of hydrogen-bond donors (Lipinski definition) is 2. The Morgan fingerprint density at radius 1 is 1.44 bits per heavy atom. The first-order chi connectivity index (χ1) is 8.67. The van der Waals surface area contributed by atoms with Crippen LogP contribution < -0.4 is 5.32 Å². The highest BCUT2D eigenvalue weighted by atomic mass is 16.3. The number of aryl methyl sites for hydroxylation is 1. The molecule has 0 fully saturated rings. The number of benzene rings is 1. The number of fused-ring (bicyclic) bond motifs is 1. The molecule has 18 heavy (non-hydrogen) atoms. The van der Waals surface area contributed by atoms with E-state index in [9.17, 15) is 4.79 Å². The van der Waals surface area contributed by atoms with Gasteiger partial charge in [0.1, 0.15) is 5.58 Å². The maximum atomic E-state index is 12.0. The molecule has 1 atom stereocenters. The monoisotopic (exact) mass is 247 g/mol. The molecule has 1 amide bonds. The average molecular weight is 247 g/mol.